The van der Waals surface area contributed by atoms with Crippen molar-refractivity contribution in [2.24, 2.45) is 0 Å². The number of carbonyl (C=O) groups is 1. The SMILES string of the molecule is CC(=O)Nc1ccc(N2CCN(S(=O)(=O)c3ccc(Cl)s3)CC2)cc1. The highest BCUT2D eigenvalue weighted by Gasteiger charge is 2.29. The number of sulfonamides is 1. The predicted molar refractivity (Wildman–Crippen MR) is 101 cm³/mol. The van der Waals surface area contributed by atoms with Crippen molar-refractivity contribution in [1.82, 2.24) is 4.31 Å². The Balaban J connectivity index is 1.64. The van der Waals surface area contributed by atoms with Gasteiger partial charge in [-0.15, -0.1) is 11.3 Å². The van der Waals surface area contributed by atoms with E-state index in [0.29, 0.717) is 30.5 Å². The first kappa shape index (κ1) is 18.2. The molecular weight excluding hydrogens is 382 g/mol. The fourth-order valence-corrected chi connectivity index (χ4v) is 5.77. The minimum atomic E-state index is -3.47. The number of nitrogens with one attached hydrogen (secondary N) is 1. The van der Waals surface area contributed by atoms with Crippen LogP contribution in [0.25, 0.3) is 0 Å². The van der Waals surface area contributed by atoms with Gasteiger partial charge in [0.25, 0.3) is 10.0 Å². The van der Waals surface area contributed by atoms with Crippen molar-refractivity contribution in [3.8, 4) is 0 Å². The largest absolute Gasteiger partial charge is 0.369 e. The molecule has 25 heavy (non-hydrogen) atoms. The number of amides is 1. The van der Waals surface area contributed by atoms with E-state index >= 15 is 0 Å². The van der Waals surface area contributed by atoms with Crippen LogP contribution in [0.5, 0.6) is 0 Å². The van der Waals surface area contributed by atoms with E-state index in [9.17, 15) is 13.2 Å². The van der Waals surface area contributed by atoms with Crippen LogP contribution in [0.15, 0.2) is 40.6 Å². The van der Waals surface area contributed by atoms with Crippen molar-refractivity contribution in [1.29, 1.82) is 0 Å². The normalized spacial score (nSPS) is 16.0. The van der Waals surface area contributed by atoms with Crippen molar-refractivity contribution in [2.45, 2.75) is 11.1 Å². The summed E-state index contributed by atoms with van der Waals surface area (Å²) in [5.41, 5.74) is 1.75. The molecule has 134 valence electrons. The van der Waals surface area contributed by atoms with E-state index in [4.69, 9.17) is 11.6 Å². The van der Waals surface area contributed by atoms with Gasteiger partial charge >= 0.3 is 0 Å². The zero-order chi connectivity index (χ0) is 18.0. The maximum atomic E-state index is 12.6. The molecule has 1 aliphatic heterocycles. The molecule has 0 unspecified atom stereocenters. The number of anilines is 2. The van der Waals surface area contributed by atoms with E-state index in [2.05, 4.69) is 10.2 Å². The van der Waals surface area contributed by atoms with Crippen LogP contribution in [-0.4, -0.2) is 44.8 Å². The number of carbonyl (C=O) groups excluding carboxylic acids is 1. The van der Waals surface area contributed by atoms with Crippen molar-refractivity contribution >= 4 is 50.2 Å². The lowest BCUT2D eigenvalue weighted by Gasteiger charge is -2.35. The van der Waals surface area contributed by atoms with E-state index in [1.54, 1.807) is 12.1 Å². The Bertz CT molecular complexity index is 857. The molecule has 9 heteroatoms. The van der Waals surface area contributed by atoms with Gasteiger partial charge in [0.2, 0.25) is 5.91 Å². The van der Waals surface area contributed by atoms with Crippen LogP contribution in [0.3, 0.4) is 0 Å². The van der Waals surface area contributed by atoms with Crippen LogP contribution in [0.2, 0.25) is 4.34 Å². The van der Waals surface area contributed by atoms with Crippen LogP contribution in [0, 0.1) is 0 Å². The summed E-state index contributed by atoms with van der Waals surface area (Å²) in [5, 5.41) is 2.73. The summed E-state index contributed by atoms with van der Waals surface area (Å²) in [7, 11) is -3.47. The monoisotopic (exact) mass is 399 g/mol. The fraction of sp³-hybridized carbons (Fsp3) is 0.312. The standard InChI is InChI=1S/C16H18ClN3O3S2/c1-12(21)18-13-2-4-14(5-3-13)19-8-10-20(11-9-19)25(22,23)16-7-6-15(17)24-16/h2-7H,8-11H2,1H3,(H,18,21). The predicted octanol–water partition coefficient (Wildman–Crippen LogP) is 2.87. The molecule has 0 spiro atoms. The Morgan fingerprint density at radius 3 is 2.24 bits per heavy atom. The second kappa shape index (κ2) is 7.33. The summed E-state index contributed by atoms with van der Waals surface area (Å²) in [6.45, 7) is 3.53. The second-order valence-electron chi connectivity index (χ2n) is 5.68. The highest BCUT2D eigenvalue weighted by molar-refractivity contribution is 7.91. The fourth-order valence-electron chi connectivity index (χ4n) is 2.71. The molecule has 0 aliphatic carbocycles. The number of halogens is 1. The molecular formula is C16H18ClN3O3S2. The average Bonchev–Trinajstić information content (AvgIpc) is 3.02. The van der Waals surface area contributed by atoms with E-state index < -0.39 is 10.0 Å². The molecule has 1 aromatic carbocycles. The van der Waals surface area contributed by atoms with E-state index in [1.165, 1.54) is 11.2 Å². The lowest BCUT2D eigenvalue weighted by atomic mass is 10.2. The number of rotatable bonds is 4. The first-order valence-electron chi connectivity index (χ1n) is 7.74. The van der Waals surface area contributed by atoms with Crippen molar-refractivity contribution < 1.29 is 13.2 Å². The quantitative estimate of drug-likeness (QED) is 0.858. The molecule has 2 aromatic rings. The smallest absolute Gasteiger partial charge is 0.252 e. The summed E-state index contributed by atoms with van der Waals surface area (Å²) in [4.78, 5) is 13.2. The molecule has 1 N–H and O–H groups in total. The molecule has 0 bridgehead atoms. The highest BCUT2D eigenvalue weighted by Crippen LogP contribution is 2.29. The number of hydrogen-bond acceptors (Lipinski definition) is 5. The Morgan fingerprint density at radius 1 is 1.08 bits per heavy atom. The molecule has 6 nitrogen and oxygen atoms in total. The third kappa shape index (κ3) is 4.14. The lowest BCUT2D eigenvalue weighted by molar-refractivity contribution is -0.114. The number of benzene rings is 1. The van der Waals surface area contributed by atoms with Gasteiger partial charge in [-0.2, -0.15) is 4.31 Å². The topological polar surface area (TPSA) is 69.7 Å². The number of nitrogens with zero attached hydrogens (tertiary/aromatic N) is 2. The molecule has 0 radical (unpaired) electrons. The van der Waals surface area contributed by atoms with E-state index in [-0.39, 0.29) is 10.1 Å². The first-order valence-corrected chi connectivity index (χ1v) is 10.4. The van der Waals surface area contributed by atoms with Crippen molar-refractivity contribution in [3.63, 3.8) is 0 Å². The maximum Gasteiger partial charge on any atom is 0.252 e. The van der Waals surface area contributed by atoms with Crippen molar-refractivity contribution in [3.05, 3.63) is 40.7 Å². The zero-order valence-electron chi connectivity index (χ0n) is 13.6. The maximum absolute atomic E-state index is 12.6. The molecule has 1 aromatic heterocycles. The van der Waals surface area contributed by atoms with Crippen LogP contribution in [0.4, 0.5) is 11.4 Å². The molecule has 2 heterocycles. The number of thiophene rings is 1. The van der Waals surface area contributed by atoms with E-state index in [1.807, 2.05) is 24.3 Å². The third-order valence-corrected chi connectivity index (χ3v) is 7.53. The van der Waals surface area contributed by atoms with Gasteiger partial charge in [0, 0.05) is 44.5 Å². The average molecular weight is 400 g/mol. The summed E-state index contributed by atoms with van der Waals surface area (Å²) < 4.78 is 27.5. The number of piperazine rings is 1. The van der Waals surface area contributed by atoms with Crippen molar-refractivity contribution in [2.75, 3.05) is 36.4 Å². The third-order valence-electron chi connectivity index (χ3n) is 3.93. The first-order chi connectivity index (χ1) is 11.9. The highest BCUT2D eigenvalue weighted by atomic mass is 35.5. The number of hydrogen-bond donors (Lipinski definition) is 1. The zero-order valence-corrected chi connectivity index (χ0v) is 16.0. The van der Waals surface area contributed by atoms with Crippen LogP contribution in [0.1, 0.15) is 6.92 Å². The molecule has 1 saturated heterocycles. The van der Waals surface area contributed by atoms with Crippen LogP contribution >= 0.6 is 22.9 Å². The molecule has 0 atom stereocenters. The molecule has 1 fully saturated rings. The van der Waals surface area contributed by atoms with Crippen LogP contribution < -0.4 is 10.2 Å². The molecule has 0 saturated carbocycles. The Kier molecular flexibility index (Phi) is 5.33. The van der Waals surface area contributed by atoms with Gasteiger partial charge in [0.15, 0.2) is 0 Å². The van der Waals surface area contributed by atoms with Gasteiger partial charge < -0.3 is 10.2 Å². The summed E-state index contributed by atoms with van der Waals surface area (Å²) in [6.07, 6.45) is 0. The second-order valence-corrected chi connectivity index (χ2v) is 9.56. The van der Waals surface area contributed by atoms with Crippen LogP contribution in [-0.2, 0) is 14.8 Å². The van der Waals surface area contributed by atoms with Gasteiger partial charge in [0.1, 0.15) is 4.21 Å². The van der Waals surface area contributed by atoms with Gasteiger partial charge in [0.05, 0.1) is 4.34 Å². The van der Waals surface area contributed by atoms with Gasteiger partial charge in [-0.05, 0) is 36.4 Å². The minimum Gasteiger partial charge on any atom is -0.369 e. The van der Waals surface area contributed by atoms with Gasteiger partial charge in [-0.3, -0.25) is 4.79 Å². The lowest BCUT2D eigenvalue weighted by Crippen LogP contribution is -2.48. The molecule has 3 rings (SSSR count). The summed E-state index contributed by atoms with van der Waals surface area (Å²) in [6, 6.07) is 10.7. The Hall–Kier alpha value is -1.61. The molecule has 1 aliphatic rings. The summed E-state index contributed by atoms with van der Waals surface area (Å²) in [5.74, 6) is -0.111. The van der Waals surface area contributed by atoms with Gasteiger partial charge in [-0.1, -0.05) is 11.6 Å². The van der Waals surface area contributed by atoms with Gasteiger partial charge in [-0.25, -0.2) is 8.42 Å². The van der Waals surface area contributed by atoms with E-state index in [0.717, 1.165) is 22.7 Å². The Morgan fingerprint density at radius 2 is 1.72 bits per heavy atom. The Labute approximate surface area is 156 Å². The molecule has 1 amide bonds. The summed E-state index contributed by atoms with van der Waals surface area (Å²) >= 11 is 6.93. The minimum absolute atomic E-state index is 0.111.